The highest BCUT2D eigenvalue weighted by Crippen LogP contribution is 2.34. The van der Waals surface area contributed by atoms with E-state index in [4.69, 9.17) is 0 Å². The molecule has 0 aliphatic carbocycles. The fourth-order valence-corrected chi connectivity index (χ4v) is 2.80. The van der Waals surface area contributed by atoms with Crippen LogP contribution in [0.3, 0.4) is 0 Å². The van der Waals surface area contributed by atoms with Gasteiger partial charge in [-0.05, 0) is 55.0 Å². The molecule has 0 aromatic heterocycles. The fourth-order valence-electron chi connectivity index (χ4n) is 2.80. The van der Waals surface area contributed by atoms with E-state index >= 15 is 0 Å². The Morgan fingerprint density at radius 3 is 2.39 bits per heavy atom. The molecule has 2 heteroatoms. The zero-order valence-corrected chi connectivity index (χ0v) is 12.2. The van der Waals surface area contributed by atoms with Crippen molar-refractivity contribution < 1.29 is 0 Å². The minimum Gasteiger partial charge on any atom is -0.377 e. The highest BCUT2D eigenvalue weighted by molar-refractivity contribution is 5.56. The number of piperidine rings is 1. The number of nitrogens with one attached hydrogen (secondary N) is 1. The minimum absolute atomic E-state index is 0.613. The maximum absolute atomic E-state index is 3.46. The summed E-state index contributed by atoms with van der Waals surface area (Å²) < 4.78 is 0. The van der Waals surface area contributed by atoms with E-state index in [0.717, 1.165) is 19.0 Å². The van der Waals surface area contributed by atoms with Crippen LogP contribution in [-0.2, 0) is 0 Å². The monoisotopic (exact) mass is 246 g/mol. The Hall–Kier alpha value is -1.02. The van der Waals surface area contributed by atoms with E-state index in [1.54, 1.807) is 5.56 Å². The Kier molecular flexibility index (Phi) is 4.28. The maximum Gasteiger partial charge on any atom is 0.0396 e. The highest BCUT2D eigenvalue weighted by Gasteiger charge is 2.19. The van der Waals surface area contributed by atoms with Gasteiger partial charge in [-0.25, -0.2) is 0 Å². The molecule has 1 aromatic rings. The zero-order chi connectivity index (χ0) is 13.1. The predicted molar refractivity (Wildman–Crippen MR) is 79.7 cm³/mol. The smallest absolute Gasteiger partial charge is 0.0396 e. The van der Waals surface area contributed by atoms with Crippen molar-refractivity contribution in [3.63, 3.8) is 0 Å². The van der Waals surface area contributed by atoms with E-state index in [0.29, 0.717) is 5.92 Å². The van der Waals surface area contributed by atoms with Gasteiger partial charge in [0.05, 0.1) is 0 Å². The van der Waals surface area contributed by atoms with Crippen LogP contribution in [0.4, 0.5) is 5.69 Å². The lowest BCUT2D eigenvalue weighted by molar-refractivity contribution is 0.460. The number of rotatable bonds is 3. The molecule has 1 aromatic carbocycles. The number of hydrogen-bond acceptors (Lipinski definition) is 2. The molecule has 100 valence electrons. The molecule has 1 aliphatic rings. The van der Waals surface area contributed by atoms with Gasteiger partial charge in [0.2, 0.25) is 0 Å². The lowest BCUT2D eigenvalue weighted by Gasteiger charge is -2.28. The molecular formula is C16H26N2. The van der Waals surface area contributed by atoms with Crippen molar-refractivity contribution in [2.24, 2.45) is 0 Å². The normalized spacial score (nSPS) is 17.2. The Balaban J connectivity index is 2.36. The molecule has 0 bridgehead atoms. The number of anilines is 1. The quantitative estimate of drug-likeness (QED) is 0.880. The van der Waals surface area contributed by atoms with Gasteiger partial charge in [0.15, 0.2) is 0 Å². The topological polar surface area (TPSA) is 15.3 Å². The van der Waals surface area contributed by atoms with Gasteiger partial charge in [-0.2, -0.15) is 0 Å². The summed E-state index contributed by atoms with van der Waals surface area (Å²) in [5.41, 5.74) is 4.41. The second-order valence-corrected chi connectivity index (χ2v) is 5.89. The molecule has 18 heavy (non-hydrogen) atoms. The molecule has 2 nitrogen and oxygen atoms in total. The van der Waals surface area contributed by atoms with E-state index < -0.39 is 0 Å². The summed E-state index contributed by atoms with van der Waals surface area (Å²) in [4.78, 5) is 2.25. The average Bonchev–Trinajstić information content (AvgIpc) is 2.39. The van der Waals surface area contributed by atoms with Gasteiger partial charge in [0.25, 0.3) is 0 Å². The Morgan fingerprint density at radius 2 is 1.83 bits per heavy atom. The van der Waals surface area contributed by atoms with Gasteiger partial charge in [0.1, 0.15) is 0 Å². The molecule has 1 heterocycles. The van der Waals surface area contributed by atoms with Gasteiger partial charge in [-0.15, -0.1) is 0 Å². The summed E-state index contributed by atoms with van der Waals surface area (Å²) in [5.74, 6) is 1.34. The molecule has 0 radical (unpaired) electrons. The summed E-state index contributed by atoms with van der Waals surface area (Å²) in [6.07, 6.45) is 2.53. The van der Waals surface area contributed by atoms with E-state index in [2.05, 4.69) is 56.4 Å². The van der Waals surface area contributed by atoms with Crippen LogP contribution in [0.1, 0.15) is 49.7 Å². The van der Waals surface area contributed by atoms with Gasteiger partial charge in [-0.1, -0.05) is 26.0 Å². The summed E-state index contributed by atoms with van der Waals surface area (Å²) in [7, 11) is 4.30. The predicted octanol–water partition coefficient (Wildman–Crippen LogP) is 3.34. The number of nitrogens with zero attached hydrogens (tertiary/aromatic N) is 1. The lowest BCUT2D eigenvalue weighted by Crippen LogP contribution is -2.27. The van der Waals surface area contributed by atoms with Crippen LogP contribution in [0.5, 0.6) is 0 Å². The SMILES string of the molecule is CC(C)c1ccc(N(C)C)c(C2CCNCC2)c1. The Morgan fingerprint density at radius 1 is 1.17 bits per heavy atom. The first kappa shape index (κ1) is 13.4. The molecule has 0 amide bonds. The van der Waals surface area contributed by atoms with Crippen LogP contribution in [0, 0.1) is 0 Å². The summed E-state index contributed by atoms with van der Waals surface area (Å²) in [6, 6.07) is 7.02. The molecule has 1 fully saturated rings. The van der Waals surface area contributed by atoms with Crippen molar-refractivity contribution in [3.8, 4) is 0 Å². The molecule has 0 spiro atoms. The van der Waals surface area contributed by atoms with Crippen LogP contribution >= 0.6 is 0 Å². The van der Waals surface area contributed by atoms with Gasteiger partial charge < -0.3 is 10.2 Å². The van der Waals surface area contributed by atoms with Crippen molar-refractivity contribution >= 4 is 5.69 Å². The molecule has 1 N–H and O–H groups in total. The first-order chi connectivity index (χ1) is 8.59. The average molecular weight is 246 g/mol. The molecule has 0 saturated carbocycles. The molecule has 1 saturated heterocycles. The van der Waals surface area contributed by atoms with Crippen LogP contribution in [0.2, 0.25) is 0 Å². The highest BCUT2D eigenvalue weighted by atomic mass is 15.1. The van der Waals surface area contributed by atoms with Crippen LogP contribution in [0.15, 0.2) is 18.2 Å². The van der Waals surface area contributed by atoms with Crippen molar-refractivity contribution in [2.45, 2.75) is 38.5 Å². The van der Waals surface area contributed by atoms with E-state index in [9.17, 15) is 0 Å². The van der Waals surface area contributed by atoms with Gasteiger partial charge in [-0.3, -0.25) is 0 Å². The Bertz CT molecular complexity index is 390. The zero-order valence-electron chi connectivity index (χ0n) is 12.2. The second-order valence-electron chi connectivity index (χ2n) is 5.89. The summed E-state index contributed by atoms with van der Waals surface area (Å²) >= 11 is 0. The molecule has 0 atom stereocenters. The van der Waals surface area contributed by atoms with E-state index in [1.807, 2.05) is 0 Å². The van der Waals surface area contributed by atoms with Gasteiger partial charge in [0, 0.05) is 19.8 Å². The van der Waals surface area contributed by atoms with Crippen LogP contribution in [0.25, 0.3) is 0 Å². The maximum atomic E-state index is 3.46. The molecule has 1 aliphatic heterocycles. The number of benzene rings is 1. The third-order valence-corrected chi connectivity index (χ3v) is 3.98. The lowest BCUT2D eigenvalue weighted by atomic mass is 9.86. The largest absolute Gasteiger partial charge is 0.377 e. The molecule has 2 rings (SSSR count). The third-order valence-electron chi connectivity index (χ3n) is 3.98. The van der Waals surface area contributed by atoms with Crippen LogP contribution < -0.4 is 10.2 Å². The third kappa shape index (κ3) is 2.86. The van der Waals surface area contributed by atoms with E-state index in [1.165, 1.54) is 24.1 Å². The summed E-state index contributed by atoms with van der Waals surface area (Å²) in [5, 5.41) is 3.46. The van der Waals surface area contributed by atoms with Crippen molar-refractivity contribution in [1.82, 2.24) is 5.32 Å². The van der Waals surface area contributed by atoms with Crippen molar-refractivity contribution in [3.05, 3.63) is 29.3 Å². The van der Waals surface area contributed by atoms with Crippen LogP contribution in [-0.4, -0.2) is 27.2 Å². The van der Waals surface area contributed by atoms with E-state index in [-0.39, 0.29) is 0 Å². The number of hydrogen-bond donors (Lipinski definition) is 1. The second kappa shape index (κ2) is 5.75. The first-order valence-corrected chi connectivity index (χ1v) is 7.11. The van der Waals surface area contributed by atoms with Crippen molar-refractivity contribution in [1.29, 1.82) is 0 Å². The molecular weight excluding hydrogens is 220 g/mol. The molecule has 0 unspecified atom stereocenters. The Labute approximate surface area is 111 Å². The minimum atomic E-state index is 0.613. The van der Waals surface area contributed by atoms with Crippen molar-refractivity contribution in [2.75, 3.05) is 32.1 Å². The first-order valence-electron chi connectivity index (χ1n) is 7.11. The van der Waals surface area contributed by atoms with Gasteiger partial charge >= 0.3 is 0 Å². The fraction of sp³-hybridized carbons (Fsp3) is 0.625. The summed E-state index contributed by atoms with van der Waals surface area (Å²) in [6.45, 7) is 6.86. The standard InChI is InChI=1S/C16H26N2/c1-12(2)14-5-6-16(18(3)4)15(11-14)13-7-9-17-10-8-13/h5-6,11-13,17H,7-10H2,1-4H3.